The van der Waals surface area contributed by atoms with Crippen molar-refractivity contribution in [3.8, 4) is 0 Å². The van der Waals surface area contributed by atoms with Crippen LogP contribution in [0.2, 0.25) is 0 Å². The highest BCUT2D eigenvalue weighted by molar-refractivity contribution is 7.99. The molecule has 1 aromatic heterocycles. The summed E-state index contributed by atoms with van der Waals surface area (Å²) in [6.45, 7) is 3.62. The minimum Gasteiger partial charge on any atom is -0.618 e. The molecule has 1 unspecified atom stereocenters. The Morgan fingerprint density at radius 1 is 1.50 bits per heavy atom. The van der Waals surface area contributed by atoms with Crippen LogP contribution in [0.25, 0.3) is 0 Å². The standard InChI is InChI=1S/C14H17N3O4S/c1-3-21-13(18)12-9(2)15-14(19)16-10(12)8-22-11-6-4-5-7-17(11)20/h4-7,10H,3,8H2,1-2H3,(H2,15,16,19). The lowest BCUT2D eigenvalue weighted by molar-refractivity contribution is -0.645. The van der Waals surface area contributed by atoms with Crippen molar-refractivity contribution >= 4 is 23.8 Å². The van der Waals surface area contributed by atoms with E-state index < -0.39 is 12.0 Å². The van der Waals surface area contributed by atoms with Gasteiger partial charge in [0.05, 0.1) is 18.2 Å². The predicted molar refractivity (Wildman–Crippen MR) is 80.9 cm³/mol. The molecule has 2 heterocycles. The number of hydrogen-bond donors (Lipinski definition) is 2. The fourth-order valence-corrected chi connectivity index (χ4v) is 3.04. The zero-order chi connectivity index (χ0) is 16.1. The third kappa shape index (κ3) is 3.70. The van der Waals surface area contributed by atoms with Gasteiger partial charge in [0.2, 0.25) is 0 Å². The quantitative estimate of drug-likeness (QED) is 0.364. The summed E-state index contributed by atoms with van der Waals surface area (Å²) in [6, 6.07) is 4.18. The monoisotopic (exact) mass is 323 g/mol. The number of pyridine rings is 1. The largest absolute Gasteiger partial charge is 0.618 e. The Hall–Kier alpha value is -2.22. The summed E-state index contributed by atoms with van der Waals surface area (Å²) < 4.78 is 5.77. The van der Waals surface area contributed by atoms with Gasteiger partial charge >= 0.3 is 12.0 Å². The fourth-order valence-electron chi connectivity index (χ4n) is 2.09. The van der Waals surface area contributed by atoms with Gasteiger partial charge in [0, 0.05) is 23.6 Å². The third-order valence-electron chi connectivity index (χ3n) is 3.04. The second kappa shape index (κ2) is 7.17. The lowest BCUT2D eigenvalue weighted by Gasteiger charge is -2.27. The molecule has 0 fully saturated rings. The zero-order valence-corrected chi connectivity index (χ0v) is 13.1. The average molecular weight is 323 g/mol. The molecule has 0 saturated carbocycles. The Morgan fingerprint density at radius 2 is 2.27 bits per heavy atom. The van der Waals surface area contributed by atoms with Crippen molar-refractivity contribution in [1.82, 2.24) is 10.6 Å². The van der Waals surface area contributed by atoms with Crippen molar-refractivity contribution in [3.05, 3.63) is 40.9 Å². The van der Waals surface area contributed by atoms with E-state index in [1.807, 2.05) is 0 Å². The van der Waals surface area contributed by atoms with Crippen molar-refractivity contribution in [3.63, 3.8) is 0 Å². The van der Waals surface area contributed by atoms with Crippen LogP contribution >= 0.6 is 11.8 Å². The summed E-state index contributed by atoms with van der Waals surface area (Å²) in [7, 11) is 0. The van der Waals surface area contributed by atoms with E-state index in [4.69, 9.17) is 4.74 Å². The molecular formula is C14H17N3O4S. The van der Waals surface area contributed by atoms with Gasteiger partial charge in [-0.15, -0.1) is 0 Å². The molecule has 22 heavy (non-hydrogen) atoms. The number of carbonyl (C=O) groups excluding carboxylic acids is 2. The maximum atomic E-state index is 12.1. The number of carbonyl (C=O) groups is 2. The number of allylic oxidation sites excluding steroid dienone is 1. The van der Waals surface area contributed by atoms with E-state index in [0.29, 0.717) is 22.0 Å². The van der Waals surface area contributed by atoms with Crippen molar-refractivity contribution in [2.24, 2.45) is 0 Å². The van der Waals surface area contributed by atoms with Crippen LogP contribution in [0.3, 0.4) is 0 Å². The first-order chi connectivity index (χ1) is 10.5. The number of nitrogens with one attached hydrogen (secondary N) is 2. The Balaban J connectivity index is 2.16. The molecule has 0 spiro atoms. The molecule has 2 N–H and O–H groups in total. The second-order valence-electron chi connectivity index (χ2n) is 4.59. The van der Waals surface area contributed by atoms with Gasteiger partial charge in [-0.25, -0.2) is 9.59 Å². The topological polar surface area (TPSA) is 94.4 Å². The molecule has 0 radical (unpaired) electrons. The van der Waals surface area contributed by atoms with E-state index in [2.05, 4.69) is 10.6 Å². The number of aromatic nitrogens is 1. The summed E-state index contributed by atoms with van der Waals surface area (Å²) in [5, 5.41) is 17.4. The van der Waals surface area contributed by atoms with E-state index in [9.17, 15) is 14.8 Å². The van der Waals surface area contributed by atoms with E-state index in [-0.39, 0.29) is 12.6 Å². The molecule has 0 aromatic carbocycles. The number of ether oxygens (including phenoxy) is 1. The molecule has 0 aliphatic carbocycles. The maximum absolute atomic E-state index is 12.1. The van der Waals surface area contributed by atoms with Gasteiger partial charge in [0.1, 0.15) is 0 Å². The fraction of sp³-hybridized carbons (Fsp3) is 0.357. The normalized spacial score (nSPS) is 17.7. The number of esters is 1. The van der Waals surface area contributed by atoms with E-state index in [1.54, 1.807) is 32.0 Å². The van der Waals surface area contributed by atoms with E-state index >= 15 is 0 Å². The van der Waals surface area contributed by atoms with Crippen LogP contribution in [0.1, 0.15) is 13.8 Å². The molecular weight excluding hydrogens is 306 g/mol. The van der Waals surface area contributed by atoms with Crippen molar-refractivity contribution in [2.45, 2.75) is 24.9 Å². The summed E-state index contributed by atoms with van der Waals surface area (Å²) in [5.74, 6) is -0.119. The zero-order valence-electron chi connectivity index (χ0n) is 12.3. The highest BCUT2D eigenvalue weighted by Gasteiger charge is 2.31. The second-order valence-corrected chi connectivity index (χ2v) is 5.63. The van der Waals surface area contributed by atoms with Gasteiger partial charge in [-0.2, -0.15) is 4.73 Å². The molecule has 0 bridgehead atoms. The first-order valence-corrected chi connectivity index (χ1v) is 7.78. The molecule has 2 rings (SSSR count). The van der Waals surface area contributed by atoms with Crippen molar-refractivity contribution in [1.29, 1.82) is 0 Å². The third-order valence-corrected chi connectivity index (χ3v) is 4.15. The van der Waals surface area contributed by atoms with Crippen LogP contribution in [0.15, 0.2) is 40.7 Å². The number of urea groups is 1. The van der Waals surface area contributed by atoms with Crippen molar-refractivity contribution < 1.29 is 19.1 Å². The number of nitrogens with zero attached hydrogens (tertiary/aromatic N) is 1. The molecule has 1 aliphatic heterocycles. The Bertz CT molecular complexity index is 618. The molecule has 8 heteroatoms. The SMILES string of the molecule is CCOC(=O)C1=C(C)NC(=O)NC1CSc1cccc[n+]1[O-]. The first-order valence-electron chi connectivity index (χ1n) is 6.79. The van der Waals surface area contributed by atoms with Crippen molar-refractivity contribution in [2.75, 3.05) is 12.4 Å². The van der Waals surface area contributed by atoms with Crippen LogP contribution in [-0.4, -0.2) is 30.4 Å². The van der Waals surface area contributed by atoms with Gasteiger partial charge in [0.25, 0.3) is 5.03 Å². The molecule has 1 atom stereocenters. The molecule has 2 amide bonds. The highest BCUT2D eigenvalue weighted by Crippen LogP contribution is 2.21. The van der Waals surface area contributed by atoms with Gasteiger partial charge in [0.15, 0.2) is 6.20 Å². The highest BCUT2D eigenvalue weighted by atomic mass is 32.2. The minimum atomic E-state index is -0.516. The lowest BCUT2D eigenvalue weighted by atomic mass is 10.1. The van der Waals surface area contributed by atoms with Gasteiger partial charge in [-0.3, -0.25) is 0 Å². The van der Waals surface area contributed by atoms with Crippen LogP contribution in [0.5, 0.6) is 0 Å². The molecule has 0 saturated heterocycles. The molecule has 7 nitrogen and oxygen atoms in total. The average Bonchev–Trinajstić information content (AvgIpc) is 2.46. The van der Waals surface area contributed by atoms with E-state index in [0.717, 1.165) is 4.73 Å². The molecule has 1 aliphatic rings. The lowest BCUT2D eigenvalue weighted by Crippen LogP contribution is -2.51. The minimum absolute atomic E-state index is 0.253. The smallest absolute Gasteiger partial charge is 0.337 e. The van der Waals surface area contributed by atoms with Gasteiger partial charge in [-0.05, 0) is 19.9 Å². The number of thioether (sulfide) groups is 1. The summed E-state index contributed by atoms with van der Waals surface area (Å²) in [4.78, 5) is 23.7. The number of rotatable bonds is 5. The summed E-state index contributed by atoms with van der Waals surface area (Å²) in [6.07, 6.45) is 1.40. The Labute approximate surface area is 132 Å². The number of amides is 2. The van der Waals surface area contributed by atoms with Crippen LogP contribution < -0.4 is 15.4 Å². The van der Waals surface area contributed by atoms with Gasteiger partial charge in [-0.1, -0.05) is 11.8 Å². The van der Waals surface area contributed by atoms with Crippen LogP contribution in [0.4, 0.5) is 4.79 Å². The summed E-state index contributed by atoms with van der Waals surface area (Å²) in [5.41, 5.74) is 0.846. The molecule has 1 aromatic rings. The molecule has 118 valence electrons. The first kappa shape index (κ1) is 16.2. The van der Waals surface area contributed by atoms with Gasteiger partial charge < -0.3 is 20.6 Å². The van der Waals surface area contributed by atoms with Crippen LogP contribution in [0, 0.1) is 5.21 Å². The van der Waals surface area contributed by atoms with Crippen LogP contribution in [-0.2, 0) is 9.53 Å². The Kier molecular flexibility index (Phi) is 5.26. The number of hydrogen-bond acceptors (Lipinski definition) is 5. The Morgan fingerprint density at radius 3 is 2.95 bits per heavy atom. The predicted octanol–water partition coefficient (Wildman–Crippen LogP) is 0.931. The van der Waals surface area contributed by atoms with E-state index in [1.165, 1.54) is 18.0 Å². The summed E-state index contributed by atoms with van der Waals surface area (Å²) >= 11 is 1.26. The maximum Gasteiger partial charge on any atom is 0.337 e.